The molecule has 0 saturated heterocycles. The van der Waals surface area contributed by atoms with Gasteiger partial charge in [0.1, 0.15) is 11.4 Å². The molecule has 0 aliphatic heterocycles. The Morgan fingerprint density at radius 2 is 1.81 bits per heavy atom. The number of hydrogen-bond acceptors (Lipinski definition) is 3. The van der Waals surface area contributed by atoms with E-state index in [-0.39, 0.29) is 18.4 Å². The maximum atomic E-state index is 13.2. The second-order valence-electron chi connectivity index (χ2n) is 6.53. The van der Waals surface area contributed by atoms with Crippen LogP contribution in [0.15, 0.2) is 48.5 Å². The van der Waals surface area contributed by atoms with Crippen LogP contribution in [0.5, 0.6) is 5.75 Å². The maximum absolute atomic E-state index is 13.2. The van der Waals surface area contributed by atoms with E-state index in [1.807, 2.05) is 55.5 Å². The summed E-state index contributed by atoms with van der Waals surface area (Å²) in [6.45, 7) is 1.95. The minimum absolute atomic E-state index is 0.00977. The van der Waals surface area contributed by atoms with Gasteiger partial charge in [0.2, 0.25) is 5.91 Å². The number of fused-ring (bicyclic) bond motifs is 1. The second kappa shape index (κ2) is 7.53. The smallest absolute Gasteiger partial charge is 0.270 e. The van der Waals surface area contributed by atoms with Gasteiger partial charge in [-0.3, -0.25) is 9.59 Å². The first-order valence-electron chi connectivity index (χ1n) is 8.71. The number of carbonyl (C=O) groups excluding carboxylic acids is 2. The number of rotatable bonds is 6. The first kappa shape index (κ1) is 18.5. The molecule has 1 aromatic heterocycles. The van der Waals surface area contributed by atoms with Gasteiger partial charge in [0.15, 0.2) is 0 Å². The predicted octanol–water partition coefficient (Wildman–Crippen LogP) is 3.04. The van der Waals surface area contributed by atoms with Gasteiger partial charge in [-0.15, -0.1) is 0 Å². The van der Waals surface area contributed by atoms with E-state index in [0.29, 0.717) is 11.3 Å². The third-order valence-electron chi connectivity index (χ3n) is 4.88. The number of benzene rings is 2. The summed E-state index contributed by atoms with van der Waals surface area (Å²) >= 11 is 0. The van der Waals surface area contributed by atoms with Crippen LogP contribution in [-0.2, 0) is 11.2 Å². The summed E-state index contributed by atoms with van der Waals surface area (Å²) in [5.41, 5.74) is 8.24. The summed E-state index contributed by atoms with van der Waals surface area (Å²) in [5.74, 6) is 0.102. The zero-order valence-corrected chi connectivity index (χ0v) is 15.7. The van der Waals surface area contributed by atoms with Crippen LogP contribution in [0, 0.1) is 0 Å². The number of ether oxygens (including phenoxy) is 1. The van der Waals surface area contributed by atoms with Gasteiger partial charge in [0.05, 0.1) is 19.6 Å². The average molecular weight is 365 g/mol. The van der Waals surface area contributed by atoms with Crippen molar-refractivity contribution >= 4 is 22.7 Å². The molecular formula is C21H23N3O3. The lowest BCUT2D eigenvalue weighted by atomic mass is 10.0. The normalized spacial score (nSPS) is 12.0. The number of amides is 2. The molecule has 0 spiro atoms. The largest absolute Gasteiger partial charge is 0.497 e. The number of nitrogens with zero attached hydrogens (tertiary/aromatic N) is 1. The van der Waals surface area contributed by atoms with Crippen molar-refractivity contribution in [3.8, 4) is 5.75 Å². The van der Waals surface area contributed by atoms with Crippen LogP contribution in [0.1, 0.15) is 34.6 Å². The van der Waals surface area contributed by atoms with Gasteiger partial charge < -0.3 is 20.4 Å². The molecule has 0 aliphatic rings. The molecule has 0 bridgehead atoms. The first-order chi connectivity index (χ1) is 12.9. The van der Waals surface area contributed by atoms with Gasteiger partial charge >= 0.3 is 0 Å². The van der Waals surface area contributed by atoms with Crippen molar-refractivity contribution in [3.05, 3.63) is 65.4 Å². The van der Waals surface area contributed by atoms with Crippen molar-refractivity contribution < 1.29 is 14.3 Å². The lowest BCUT2D eigenvalue weighted by Crippen LogP contribution is -2.31. The third-order valence-corrected chi connectivity index (χ3v) is 4.88. The number of H-pyrrole nitrogens is 1. The number of methoxy groups -OCH3 is 1. The molecule has 0 aliphatic carbocycles. The van der Waals surface area contributed by atoms with E-state index >= 15 is 0 Å². The molecular weight excluding hydrogens is 342 g/mol. The molecule has 0 fully saturated rings. The van der Waals surface area contributed by atoms with Crippen LogP contribution in [0.3, 0.4) is 0 Å². The molecule has 6 nitrogen and oxygen atoms in total. The number of carbonyl (C=O) groups is 2. The molecule has 27 heavy (non-hydrogen) atoms. The predicted molar refractivity (Wildman–Crippen MR) is 105 cm³/mol. The monoisotopic (exact) mass is 365 g/mol. The first-order valence-corrected chi connectivity index (χ1v) is 8.71. The highest BCUT2D eigenvalue weighted by Gasteiger charge is 2.25. The molecule has 0 saturated carbocycles. The summed E-state index contributed by atoms with van der Waals surface area (Å²) in [6, 6.07) is 15.0. The van der Waals surface area contributed by atoms with Crippen molar-refractivity contribution in [1.29, 1.82) is 0 Å². The maximum Gasteiger partial charge on any atom is 0.270 e. The highest BCUT2D eigenvalue weighted by Crippen LogP contribution is 2.27. The van der Waals surface area contributed by atoms with Gasteiger partial charge in [-0.1, -0.05) is 30.3 Å². The number of nitrogens with one attached hydrogen (secondary N) is 1. The number of hydrogen-bond donors (Lipinski definition) is 2. The molecule has 1 heterocycles. The highest BCUT2D eigenvalue weighted by molar-refractivity contribution is 6.02. The van der Waals surface area contributed by atoms with Crippen LogP contribution < -0.4 is 10.5 Å². The third kappa shape index (κ3) is 3.65. The summed E-state index contributed by atoms with van der Waals surface area (Å²) in [5, 5.41) is 0.838. The summed E-state index contributed by atoms with van der Waals surface area (Å²) < 4.78 is 5.18. The van der Waals surface area contributed by atoms with Crippen molar-refractivity contribution in [3.63, 3.8) is 0 Å². The summed E-state index contributed by atoms with van der Waals surface area (Å²) in [6.07, 6.45) is 0.00977. The van der Waals surface area contributed by atoms with Crippen molar-refractivity contribution in [2.75, 3.05) is 14.2 Å². The molecule has 1 atom stereocenters. The molecule has 2 amide bonds. The van der Waals surface area contributed by atoms with Gasteiger partial charge in [-0.25, -0.2) is 0 Å². The Morgan fingerprint density at radius 1 is 1.15 bits per heavy atom. The van der Waals surface area contributed by atoms with Gasteiger partial charge in [0, 0.05) is 18.0 Å². The number of primary amides is 1. The fraction of sp³-hybridized carbons (Fsp3) is 0.238. The Bertz CT molecular complexity index is 976. The van der Waals surface area contributed by atoms with Gasteiger partial charge in [0.25, 0.3) is 5.91 Å². The van der Waals surface area contributed by atoms with Crippen molar-refractivity contribution in [2.24, 2.45) is 5.73 Å². The standard InChI is InChI=1S/C21H23N3O3/c1-13(14-8-10-15(27-3)11-9-14)24(2)21(26)20-17(12-19(22)25)16-6-4-5-7-18(16)23-20/h4-11,13,23H,12H2,1-3H3,(H2,22,25). The van der Waals surface area contributed by atoms with E-state index in [2.05, 4.69) is 4.98 Å². The van der Waals surface area contributed by atoms with Crippen LogP contribution in [0.2, 0.25) is 0 Å². The van der Waals surface area contributed by atoms with E-state index in [9.17, 15) is 9.59 Å². The van der Waals surface area contributed by atoms with E-state index in [4.69, 9.17) is 10.5 Å². The van der Waals surface area contributed by atoms with Crippen molar-refractivity contribution in [2.45, 2.75) is 19.4 Å². The van der Waals surface area contributed by atoms with E-state index in [0.717, 1.165) is 22.2 Å². The highest BCUT2D eigenvalue weighted by atomic mass is 16.5. The Morgan fingerprint density at radius 3 is 2.44 bits per heavy atom. The Kier molecular flexibility index (Phi) is 5.16. The fourth-order valence-electron chi connectivity index (χ4n) is 3.20. The SMILES string of the molecule is COc1ccc(C(C)N(C)C(=O)c2[nH]c3ccccc3c2CC(N)=O)cc1. The molecule has 2 aromatic carbocycles. The number of aromatic nitrogens is 1. The second-order valence-corrected chi connectivity index (χ2v) is 6.53. The zero-order chi connectivity index (χ0) is 19.6. The van der Waals surface area contributed by atoms with E-state index in [1.54, 1.807) is 19.1 Å². The summed E-state index contributed by atoms with van der Waals surface area (Å²) in [4.78, 5) is 29.5. The zero-order valence-electron chi connectivity index (χ0n) is 15.7. The fourth-order valence-corrected chi connectivity index (χ4v) is 3.20. The molecule has 3 rings (SSSR count). The Labute approximate surface area is 157 Å². The Hall–Kier alpha value is -3.28. The molecule has 140 valence electrons. The number of para-hydroxylation sites is 1. The van der Waals surface area contributed by atoms with E-state index in [1.165, 1.54) is 0 Å². The molecule has 3 aromatic rings. The molecule has 6 heteroatoms. The summed E-state index contributed by atoms with van der Waals surface area (Å²) in [7, 11) is 3.36. The Balaban J connectivity index is 1.95. The quantitative estimate of drug-likeness (QED) is 0.704. The molecule has 1 unspecified atom stereocenters. The number of aromatic amines is 1. The van der Waals surface area contributed by atoms with Gasteiger partial charge in [-0.2, -0.15) is 0 Å². The van der Waals surface area contributed by atoms with Crippen LogP contribution in [0.4, 0.5) is 0 Å². The molecule has 0 radical (unpaired) electrons. The molecule has 3 N–H and O–H groups in total. The van der Waals surface area contributed by atoms with Crippen LogP contribution in [0.25, 0.3) is 10.9 Å². The minimum atomic E-state index is -0.473. The lowest BCUT2D eigenvalue weighted by molar-refractivity contribution is -0.117. The van der Waals surface area contributed by atoms with Crippen LogP contribution in [-0.4, -0.2) is 35.9 Å². The number of nitrogens with two attached hydrogens (primary N) is 1. The lowest BCUT2D eigenvalue weighted by Gasteiger charge is -2.25. The van der Waals surface area contributed by atoms with E-state index < -0.39 is 5.91 Å². The topological polar surface area (TPSA) is 88.4 Å². The average Bonchev–Trinajstić information content (AvgIpc) is 3.04. The van der Waals surface area contributed by atoms with Crippen LogP contribution >= 0.6 is 0 Å². The van der Waals surface area contributed by atoms with Crippen molar-refractivity contribution in [1.82, 2.24) is 9.88 Å². The minimum Gasteiger partial charge on any atom is -0.497 e. The van der Waals surface area contributed by atoms with Gasteiger partial charge in [-0.05, 0) is 36.2 Å².